The molecule has 1 amide bonds. The lowest BCUT2D eigenvalue weighted by Crippen LogP contribution is -2.33. The first-order chi connectivity index (χ1) is 6.61. The Kier molecular flexibility index (Phi) is 1.99. The van der Waals surface area contributed by atoms with E-state index in [4.69, 9.17) is 12.2 Å². The van der Waals surface area contributed by atoms with Crippen LogP contribution in [0.2, 0.25) is 0 Å². The molecule has 6 heteroatoms. The van der Waals surface area contributed by atoms with Crippen molar-refractivity contribution < 1.29 is 4.79 Å². The van der Waals surface area contributed by atoms with Crippen LogP contribution in [0.15, 0.2) is 6.33 Å². The average molecular weight is 210 g/mol. The molecule has 1 N–H and O–H groups in total. The fourth-order valence-corrected chi connectivity index (χ4v) is 1.71. The van der Waals surface area contributed by atoms with E-state index < -0.39 is 0 Å². The predicted molar refractivity (Wildman–Crippen MR) is 56.3 cm³/mol. The zero-order chi connectivity index (χ0) is 10.3. The summed E-state index contributed by atoms with van der Waals surface area (Å²) in [6.45, 7) is 0.228. The minimum absolute atomic E-state index is 0.0372. The normalized spacial score (nSPS) is 16.3. The molecule has 2 rings (SSSR count). The average Bonchev–Trinajstić information content (AvgIpc) is 2.50. The summed E-state index contributed by atoms with van der Waals surface area (Å²) in [5, 5.41) is 2.89. The van der Waals surface area contributed by atoms with Crippen LogP contribution in [0.25, 0.3) is 0 Å². The molecule has 0 radical (unpaired) electrons. The Morgan fingerprint density at radius 3 is 3.00 bits per heavy atom. The second kappa shape index (κ2) is 3.06. The van der Waals surface area contributed by atoms with Crippen LogP contribution in [-0.4, -0.2) is 34.0 Å². The van der Waals surface area contributed by atoms with Gasteiger partial charge in [0.1, 0.15) is 10.7 Å². The fourth-order valence-electron chi connectivity index (χ4n) is 1.40. The Morgan fingerprint density at radius 1 is 1.57 bits per heavy atom. The molecule has 1 aliphatic rings. The third-order valence-corrected chi connectivity index (χ3v) is 2.56. The monoisotopic (exact) mass is 210 g/mol. The van der Waals surface area contributed by atoms with Crippen molar-refractivity contribution in [3.8, 4) is 0 Å². The third-order valence-electron chi connectivity index (χ3n) is 2.22. The van der Waals surface area contributed by atoms with E-state index >= 15 is 0 Å². The number of aromatic nitrogens is 2. The summed E-state index contributed by atoms with van der Waals surface area (Å²) >= 11 is 5.14. The Morgan fingerprint density at radius 2 is 2.29 bits per heavy atom. The number of hydrogen-bond acceptors (Lipinski definition) is 3. The zero-order valence-electron chi connectivity index (χ0n) is 7.94. The molecule has 0 aliphatic carbocycles. The number of amides is 1. The second-order valence-electron chi connectivity index (χ2n) is 3.16. The van der Waals surface area contributed by atoms with Crippen molar-refractivity contribution in [2.24, 2.45) is 7.05 Å². The van der Waals surface area contributed by atoms with Crippen molar-refractivity contribution in [1.29, 1.82) is 0 Å². The van der Waals surface area contributed by atoms with E-state index in [1.54, 1.807) is 17.9 Å². The van der Waals surface area contributed by atoms with Crippen molar-refractivity contribution in [3.63, 3.8) is 0 Å². The molecule has 74 valence electrons. The largest absolute Gasteiger partial charge is 0.365 e. The molecule has 5 nitrogen and oxygen atoms in total. The molecule has 0 atom stereocenters. The Balaban J connectivity index is 2.58. The van der Waals surface area contributed by atoms with Crippen LogP contribution in [0.3, 0.4) is 0 Å². The molecular formula is C8H10N4OS. The maximum Gasteiger partial charge on any atom is 0.247 e. The van der Waals surface area contributed by atoms with Gasteiger partial charge in [-0.05, 0) is 0 Å². The second-order valence-corrected chi connectivity index (χ2v) is 3.57. The van der Waals surface area contributed by atoms with Gasteiger partial charge in [0.2, 0.25) is 5.91 Å². The molecule has 0 fully saturated rings. The number of nitrogens with one attached hydrogen (secondary N) is 1. The molecule has 0 saturated carbocycles. The standard InChI is InChI=1S/C8H10N4OS/c1-11-4-10-7-6(11)8(14)9-3-5(13)12(7)2/h4H,3H2,1-2H3,(H,9,14). The first kappa shape index (κ1) is 9.14. The lowest BCUT2D eigenvalue weighted by atomic mass is 10.4. The Labute approximate surface area is 86.7 Å². The number of imidazole rings is 1. The molecular weight excluding hydrogens is 200 g/mol. The lowest BCUT2D eigenvalue weighted by Gasteiger charge is -2.11. The van der Waals surface area contributed by atoms with Crippen molar-refractivity contribution in [2.45, 2.75) is 0 Å². The van der Waals surface area contributed by atoms with Gasteiger partial charge in [0, 0.05) is 14.1 Å². The topological polar surface area (TPSA) is 50.2 Å². The van der Waals surface area contributed by atoms with Gasteiger partial charge in [-0.15, -0.1) is 0 Å². The highest BCUT2D eigenvalue weighted by Crippen LogP contribution is 2.18. The molecule has 0 bridgehead atoms. The number of nitrogens with zero attached hydrogens (tertiary/aromatic N) is 3. The highest BCUT2D eigenvalue weighted by Gasteiger charge is 2.25. The van der Waals surface area contributed by atoms with Crippen molar-refractivity contribution in [3.05, 3.63) is 12.0 Å². The minimum Gasteiger partial charge on any atom is -0.365 e. The van der Waals surface area contributed by atoms with Crippen LogP contribution < -0.4 is 10.2 Å². The van der Waals surface area contributed by atoms with Crippen LogP contribution in [0.5, 0.6) is 0 Å². The summed E-state index contributed by atoms with van der Waals surface area (Å²) in [5.74, 6) is 0.581. The van der Waals surface area contributed by atoms with Crippen LogP contribution in [0, 0.1) is 0 Å². The summed E-state index contributed by atoms with van der Waals surface area (Å²) in [5.41, 5.74) is 0.786. The van der Waals surface area contributed by atoms with Gasteiger partial charge in [0.15, 0.2) is 5.82 Å². The number of carbonyl (C=O) groups excluding carboxylic acids is 1. The number of rotatable bonds is 0. The molecule has 14 heavy (non-hydrogen) atoms. The molecule has 1 aliphatic heterocycles. The Bertz CT molecular complexity index is 411. The van der Waals surface area contributed by atoms with Crippen LogP contribution in [-0.2, 0) is 11.8 Å². The quantitative estimate of drug-likeness (QED) is 0.595. The molecule has 1 aromatic heterocycles. The molecule has 1 aromatic rings. The molecule has 0 spiro atoms. The van der Waals surface area contributed by atoms with Gasteiger partial charge in [0.05, 0.1) is 12.9 Å². The fraction of sp³-hybridized carbons (Fsp3) is 0.375. The third kappa shape index (κ3) is 1.19. The zero-order valence-corrected chi connectivity index (χ0v) is 8.76. The van der Waals surface area contributed by atoms with Gasteiger partial charge >= 0.3 is 0 Å². The van der Waals surface area contributed by atoms with Gasteiger partial charge in [-0.1, -0.05) is 12.2 Å². The number of likely N-dealkylation sites (N-methyl/N-ethyl adjacent to an activating group) is 1. The van der Waals surface area contributed by atoms with E-state index in [9.17, 15) is 4.79 Å². The smallest absolute Gasteiger partial charge is 0.247 e. The van der Waals surface area contributed by atoms with E-state index in [0.717, 1.165) is 5.69 Å². The minimum atomic E-state index is -0.0372. The van der Waals surface area contributed by atoms with Gasteiger partial charge in [-0.25, -0.2) is 4.98 Å². The highest BCUT2D eigenvalue weighted by molar-refractivity contribution is 7.80. The SMILES string of the molecule is CN1C(=O)CNC(=S)c2c1ncn2C. The molecule has 0 aromatic carbocycles. The van der Waals surface area contributed by atoms with Crippen molar-refractivity contribution in [2.75, 3.05) is 18.5 Å². The summed E-state index contributed by atoms with van der Waals surface area (Å²) in [4.78, 5) is 17.7. The number of thiocarbonyl (C=S) groups is 1. The lowest BCUT2D eigenvalue weighted by molar-refractivity contribution is -0.117. The van der Waals surface area contributed by atoms with E-state index in [0.29, 0.717) is 10.8 Å². The van der Waals surface area contributed by atoms with E-state index in [-0.39, 0.29) is 12.5 Å². The van der Waals surface area contributed by atoms with Gasteiger partial charge in [-0.3, -0.25) is 9.69 Å². The molecule has 0 saturated heterocycles. The summed E-state index contributed by atoms with van der Waals surface area (Å²) in [6.07, 6.45) is 1.65. The maximum absolute atomic E-state index is 11.5. The van der Waals surface area contributed by atoms with Crippen molar-refractivity contribution in [1.82, 2.24) is 14.9 Å². The first-order valence-electron chi connectivity index (χ1n) is 4.17. The van der Waals surface area contributed by atoms with Crippen LogP contribution in [0.1, 0.15) is 5.69 Å². The Hall–Kier alpha value is -1.43. The van der Waals surface area contributed by atoms with E-state index in [1.165, 1.54) is 4.90 Å². The summed E-state index contributed by atoms with van der Waals surface area (Å²) < 4.78 is 1.81. The van der Waals surface area contributed by atoms with Crippen LogP contribution in [0.4, 0.5) is 5.82 Å². The number of hydrogen-bond donors (Lipinski definition) is 1. The van der Waals surface area contributed by atoms with Crippen LogP contribution >= 0.6 is 12.2 Å². The molecule has 0 unspecified atom stereocenters. The number of fused-ring (bicyclic) bond motifs is 1. The summed E-state index contributed by atoms with van der Waals surface area (Å²) in [7, 11) is 3.55. The van der Waals surface area contributed by atoms with E-state index in [2.05, 4.69) is 10.3 Å². The number of aryl methyl sites for hydroxylation is 1. The molecule has 2 heterocycles. The number of anilines is 1. The number of carbonyl (C=O) groups is 1. The predicted octanol–water partition coefficient (Wildman–Crippen LogP) is -0.338. The summed E-state index contributed by atoms with van der Waals surface area (Å²) in [6, 6.07) is 0. The van der Waals surface area contributed by atoms with Gasteiger partial charge in [0.25, 0.3) is 0 Å². The van der Waals surface area contributed by atoms with E-state index in [1.807, 2.05) is 7.05 Å². The van der Waals surface area contributed by atoms with Gasteiger partial charge in [-0.2, -0.15) is 0 Å². The highest BCUT2D eigenvalue weighted by atomic mass is 32.1. The first-order valence-corrected chi connectivity index (χ1v) is 4.58. The van der Waals surface area contributed by atoms with Crippen molar-refractivity contribution >= 4 is 28.9 Å². The maximum atomic E-state index is 11.5. The van der Waals surface area contributed by atoms with Gasteiger partial charge < -0.3 is 9.88 Å².